The molecule has 1 aliphatic rings. The first kappa shape index (κ1) is 20.6. The van der Waals surface area contributed by atoms with E-state index in [9.17, 15) is 4.39 Å². The number of hydrogen-bond donors (Lipinski definition) is 0. The van der Waals surface area contributed by atoms with Crippen LogP contribution < -0.4 is 9.80 Å². The van der Waals surface area contributed by atoms with E-state index in [0.29, 0.717) is 0 Å². The van der Waals surface area contributed by atoms with Crippen molar-refractivity contribution in [1.82, 2.24) is 9.38 Å². The van der Waals surface area contributed by atoms with Gasteiger partial charge in [0, 0.05) is 48.9 Å². The lowest BCUT2D eigenvalue weighted by molar-refractivity contribution is 0.625. The highest BCUT2D eigenvalue weighted by molar-refractivity contribution is 5.52. The summed E-state index contributed by atoms with van der Waals surface area (Å²) < 4.78 is 15.5. The van der Waals surface area contributed by atoms with Crippen LogP contribution in [-0.2, 0) is 12.8 Å². The summed E-state index contributed by atoms with van der Waals surface area (Å²) in [6.07, 6.45) is 1.98. The Morgan fingerprint density at radius 1 is 0.750 bits per heavy atom. The Balaban J connectivity index is 1.21. The van der Waals surface area contributed by atoms with Crippen molar-refractivity contribution in [2.24, 2.45) is 0 Å². The summed E-state index contributed by atoms with van der Waals surface area (Å²) >= 11 is 0. The van der Waals surface area contributed by atoms with Gasteiger partial charge in [-0.25, -0.2) is 9.37 Å². The second-order valence-electron chi connectivity index (χ2n) is 8.62. The van der Waals surface area contributed by atoms with Crippen LogP contribution >= 0.6 is 0 Å². The fraction of sp³-hybridized carbons (Fsp3) is 0.296. The van der Waals surface area contributed by atoms with E-state index in [2.05, 4.69) is 70.5 Å². The molecule has 0 bridgehead atoms. The van der Waals surface area contributed by atoms with Gasteiger partial charge in [0.05, 0.1) is 5.69 Å². The third-order valence-electron chi connectivity index (χ3n) is 6.56. The molecule has 1 aliphatic heterocycles. The average molecular weight is 429 g/mol. The number of fused-ring (bicyclic) bond motifs is 1. The normalized spacial score (nSPS) is 14.3. The van der Waals surface area contributed by atoms with Crippen LogP contribution in [0.1, 0.15) is 22.6 Å². The van der Waals surface area contributed by atoms with E-state index in [-0.39, 0.29) is 5.82 Å². The molecule has 2 aromatic carbocycles. The molecule has 0 unspecified atom stereocenters. The molecule has 164 valence electrons. The van der Waals surface area contributed by atoms with Gasteiger partial charge < -0.3 is 14.2 Å². The molecule has 32 heavy (non-hydrogen) atoms. The Hall–Kier alpha value is -3.34. The van der Waals surface area contributed by atoms with E-state index in [1.807, 2.05) is 12.1 Å². The molecule has 0 amide bonds. The molecule has 0 spiro atoms. The fourth-order valence-corrected chi connectivity index (χ4v) is 4.74. The molecule has 0 N–H and O–H groups in total. The van der Waals surface area contributed by atoms with Crippen LogP contribution in [0.15, 0.2) is 66.7 Å². The van der Waals surface area contributed by atoms with Gasteiger partial charge in [0.25, 0.3) is 0 Å². The summed E-state index contributed by atoms with van der Waals surface area (Å²) in [6.45, 7) is 8.08. The van der Waals surface area contributed by atoms with Crippen molar-refractivity contribution in [3.05, 3.63) is 95.2 Å². The molecule has 4 nitrogen and oxygen atoms in total. The fourth-order valence-electron chi connectivity index (χ4n) is 4.74. The van der Waals surface area contributed by atoms with E-state index < -0.39 is 0 Å². The van der Waals surface area contributed by atoms with Crippen molar-refractivity contribution in [3.63, 3.8) is 0 Å². The van der Waals surface area contributed by atoms with Gasteiger partial charge in [0.15, 0.2) is 0 Å². The summed E-state index contributed by atoms with van der Waals surface area (Å²) in [5, 5.41) is 0. The molecule has 0 radical (unpaired) electrons. The zero-order chi connectivity index (χ0) is 22.1. The molecule has 3 heterocycles. The van der Waals surface area contributed by atoms with Crippen LogP contribution in [0.2, 0.25) is 0 Å². The van der Waals surface area contributed by atoms with Gasteiger partial charge in [-0.2, -0.15) is 0 Å². The lowest BCUT2D eigenvalue weighted by atomic mass is 10.1. The maximum absolute atomic E-state index is 13.2. The molecular formula is C27H29FN4. The maximum Gasteiger partial charge on any atom is 0.137 e. The quantitative estimate of drug-likeness (QED) is 0.436. The van der Waals surface area contributed by atoms with E-state index >= 15 is 0 Å². The second-order valence-corrected chi connectivity index (χ2v) is 8.62. The van der Waals surface area contributed by atoms with Gasteiger partial charge in [-0.1, -0.05) is 18.2 Å². The molecule has 0 atom stereocenters. The summed E-state index contributed by atoms with van der Waals surface area (Å²) in [5.41, 5.74) is 8.41. The van der Waals surface area contributed by atoms with Gasteiger partial charge in [-0.3, -0.25) is 0 Å². The lowest BCUT2D eigenvalue weighted by Gasteiger charge is -2.37. The van der Waals surface area contributed by atoms with Crippen molar-refractivity contribution < 1.29 is 4.39 Å². The number of hydrogen-bond acceptors (Lipinski definition) is 3. The number of anilines is 2. The standard InChI is InChI=1S/C27H29FN4/c1-20-4-3-5-27-29-21(2)26(32(20)27)15-8-22-6-11-24(12-7-22)30-16-18-31(19-17-30)25-13-9-23(28)10-14-25/h3-7,9-14H,8,15-19H2,1-2H3. The predicted molar refractivity (Wildman–Crippen MR) is 129 cm³/mol. The average Bonchev–Trinajstić information content (AvgIpc) is 3.15. The summed E-state index contributed by atoms with van der Waals surface area (Å²) in [6, 6.07) is 22.1. The number of benzene rings is 2. The smallest absolute Gasteiger partial charge is 0.137 e. The third kappa shape index (κ3) is 4.07. The molecule has 0 aliphatic carbocycles. The Morgan fingerprint density at radius 3 is 1.97 bits per heavy atom. The first-order valence-electron chi connectivity index (χ1n) is 11.4. The molecule has 5 heteroatoms. The topological polar surface area (TPSA) is 23.8 Å². The Kier molecular flexibility index (Phi) is 5.56. The minimum absolute atomic E-state index is 0.181. The lowest BCUT2D eigenvalue weighted by Crippen LogP contribution is -2.46. The van der Waals surface area contributed by atoms with Crippen LogP contribution in [0.3, 0.4) is 0 Å². The number of pyridine rings is 1. The highest BCUT2D eigenvalue weighted by Gasteiger charge is 2.18. The SMILES string of the molecule is Cc1nc2cccc(C)n2c1CCc1ccc(N2CCN(c3ccc(F)cc3)CC2)cc1. The van der Waals surface area contributed by atoms with Crippen LogP contribution in [0.5, 0.6) is 0 Å². The van der Waals surface area contributed by atoms with E-state index in [1.54, 1.807) is 0 Å². The summed E-state index contributed by atoms with van der Waals surface area (Å²) in [5.74, 6) is -0.181. The number of halogens is 1. The monoisotopic (exact) mass is 428 g/mol. The molecule has 0 saturated carbocycles. The molecular weight excluding hydrogens is 399 g/mol. The number of imidazole rings is 1. The molecule has 1 fully saturated rings. The van der Waals surface area contributed by atoms with Crippen molar-refractivity contribution in [2.75, 3.05) is 36.0 Å². The number of nitrogens with zero attached hydrogens (tertiary/aromatic N) is 4. The highest BCUT2D eigenvalue weighted by Crippen LogP contribution is 2.22. The first-order chi connectivity index (χ1) is 15.6. The first-order valence-corrected chi connectivity index (χ1v) is 11.4. The van der Waals surface area contributed by atoms with Gasteiger partial charge in [-0.05, 0) is 80.8 Å². The zero-order valence-electron chi connectivity index (χ0n) is 18.8. The van der Waals surface area contributed by atoms with Crippen molar-refractivity contribution >= 4 is 17.0 Å². The van der Waals surface area contributed by atoms with Crippen molar-refractivity contribution in [2.45, 2.75) is 26.7 Å². The van der Waals surface area contributed by atoms with E-state index in [0.717, 1.165) is 56.0 Å². The Bertz CT molecular complexity index is 1200. The van der Waals surface area contributed by atoms with Gasteiger partial charge in [0.1, 0.15) is 11.5 Å². The third-order valence-corrected chi connectivity index (χ3v) is 6.56. The largest absolute Gasteiger partial charge is 0.368 e. The predicted octanol–water partition coefficient (Wildman–Crippen LogP) is 5.20. The minimum atomic E-state index is -0.181. The van der Waals surface area contributed by atoms with Crippen LogP contribution in [0, 0.1) is 19.7 Å². The molecule has 5 rings (SSSR count). The van der Waals surface area contributed by atoms with Crippen molar-refractivity contribution in [3.8, 4) is 0 Å². The second kappa shape index (κ2) is 8.65. The Labute approximate surface area is 188 Å². The summed E-state index contributed by atoms with van der Waals surface area (Å²) in [4.78, 5) is 9.48. The minimum Gasteiger partial charge on any atom is -0.368 e. The number of aryl methyl sites for hydroxylation is 4. The van der Waals surface area contributed by atoms with Crippen LogP contribution in [0.4, 0.5) is 15.8 Å². The Morgan fingerprint density at radius 2 is 1.34 bits per heavy atom. The van der Waals surface area contributed by atoms with Crippen LogP contribution in [0.25, 0.3) is 5.65 Å². The molecule has 4 aromatic rings. The van der Waals surface area contributed by atoms with E-state index in [1.165, 1.54) is 34.8 Å². The van der Waals surface area contributed by atoms with Gasteiger partial charge in [-0.15, -0.1) is 0 Å². The van der Waals surface area contributed by atoms with E-state index in [4.69, 9.17) is 4.98 Å². The molecule has 1 saturated heterocycles. The van der Waals surface area contributed by atoms with Crippen molar-refractivity contribution in [1.29, 1.82) is 0 Å². The summed E-state index contributed by atoms with van der Waals surface area (Å²) in [7, 11) is 0. The number of piperazine rings is 1. The maximum atomic E-state index is 13.2. The molecule has 2 aromatic heterocycles. The highest BCUT2D eigenvalue weighted by atomic mass is 19.1. The number of aromatic nitrogens is 2. The van der Waals surface area contributed by atoms with Gasteiger partial charge in [0.2, 0.25) is 0 Å². The number of rotatable bonds is 5. The van der Waals surface area contributed by atoms with Gasteiger partial charge >= 0.3 is 0 Å². The zero-order valence-corrected chi connectivity index (χ0v) is 18.8. The van der Waals surface area contributed by atoms with Crippen LogP contribution in [-0.4, -0.2) is 35.6 Å².